The first-order valence-corrected chi connectivity index (χ1v) is 11.9. The van der Waals surface area contributed by atoms with E-state index in [0.717, 1.165) is 18.5 Å². The zero-order valence-electron chi connectivity index (χ0n) is 21.5. The number of nitrogens with zero attached hydrogens (tertiary/aromatic N) is 2. The van der Waals surface area contributed by atoms with Crippen molar-refractivity contribution in [2.45, 2.75) is 53.1 Å². The zero-order valence-corrected chi connectivity index (χ0v) is 21.5. The molecule has 0 aliphatic heterocycles. The van der Waals surface area contributed by atoms with Crippen molar-refractivity contribution >= 4 is 34.3 Å². The van der Waals surface area contributed by atoms with E-state index in [1.807, 2.05) is 10.6 Å². The molecule has 8 heteroatoms. The number of carbonyl (C=O) groups excluding carboxylic acids is 2. The quantitative estimate of drug-likeness (QED) is 0.383. The Morgan fingerprint density at radius 2 is 1.83 bits per heavy atom. The fraction of sp³-hybridized carbons (Fsp3) is 0.444. The van der Waals surface area contributed by atoms with Gasteiger partial charge in [0.2, 0.25) is 5.91 Å². The lowest BCUT2D eigenvalue weighted by Gasteiger charge is -2.16. The lowest BCUT2D eigenvalue weighted by Crippen LogP contribution is -2.20. The Bertz CT molecular complexity index is 1170. The van der Waals surface area contributed by atoms with Gasteiger partial charge in [0.05, 0.1) is 24.7 Å². The second-order valence-electron chi connectivity index (χ2n) is 9.36. The Kier molecular flexibility index (Phi) is 8.87. The molecule has 8 nitrogen and oxygen atoms in total. The SMILES string of the molecule is COCC(=O)Nc1c(C(=O)OC)n(CCC(C)C)c2ncc(NC(C)Cc3ccc(C)cc3)cc12. The van der Waals surface area contributed by atoms with E-state index < -0.39 is 5.97 Å². The van der Waals surface area contributed by atoms with Gasteiger partial charge in [-0.3, -0.25) is 4.79 Å². The van der Waals surface area contributed by atoms with Crippen molar-refractivity contribution in [1.82, 2.24) is 9.55 Å². The van der Waals surface area contributed by atoms with Gasteiger partial charge < -0.3 is 24.7 Å². The second kappa shape index (κ2) is 11.8. The smallest absolute Gasteiger partial charge is 0.356 e. The summed E-state index contributed by atoms with van der Waals surface area (Å²) >= 11 is 0. The molecule has 3 aromatic rings. The number of fused-ring (bicyclic) bond motifs is 1. The Labute approximate surface area is 207 Å². The number of hydrogen-bond acceptors (Lipinski definition) is 6. The Morgan fingerprint density at radius 3 is 2.46 bits per heavy atom. The number of carbonyl (C=O) groups is 2. The van der Waals surface area contributed by atoms with Crippen LogP contribution in [0.15, 0.2) is 36.5 Å². The third kappa shape index (κ3) is 6.60. The average Bonchev–Trinajstić information content (AvgIpc) is 3.11. The number of nitrogens with one attached hydrogen (secondary N) is 2. The Balaban J connectivity index is 2.01. The highest BCUT2D eigenvalue weighted by Gasteiger charge is 2.26. The third-order valence-electron chi connectivity index (χ3n) is 5.82. The number of pyridine rings is 1. The maximum atomic E-state index is 12.8. The number of ether oxygens (including phenoxy) is 2. The molecular formula is C27H36N4O4. The van der Waals surface area contributed by atoms with E-state index in [2.05, 4.69) is 62.6 Å². The summed E-state index contributed by atoms with van der Waals surface area (Å²) in [6.45, 7) is 8.87. The fourth-order valence-corrected chi connectivity index (χ4v) is 4.06. The highest BCUT2D eigenvalue weighted by Crippen LogP contribution is 2.33. The maximum absolute atomic E-state index is 12.8. The summed E-state index contributed by atoms with van der Waals surface area (Å²) in [5.41, 5.74) is 4.57. The predicted octanol–water partition coefficient (Wildman–Crippen LogP) is 4.81. The molecule has 0 aliphatic carbocycles. The molecule has 35 heavy (non-hydrogen) atoms. The number of amides is 1. The van der Waals surface area contributed by atoms with E-state index in [1.54, 1.807) is 6.20 Å². The molecule has 2 N–H and O–H groups in total. The van der Waals surface area contributed by atoms with Gasteiger partial charge in [0.15, 0.2) is 5.69 Å². The van der Waals surface area contributed by atoms with Crippen LogP contribution < -0.4 is 10.6 Å². The van der Waals surface area contributed by atoms with E-state index in [9.17, 15) is 9.59 Å². The van der Waals surface area contributed by atoms with Crippen LogP contribution in [0.2, 0.25) is 0 Å². The summed E-state index contributed by atoms with van der Waals surface area (Å²) < 4.78 is 11.9. The largest absolute Gasteiger partial charge is 0.464 e. The fourth-order valence-electron chi connectivity index (χ4n) is 4.06. The topological polar surface area (TPSA) is 94.5 Å². The summed E-state index contributed by atoms with van der Waals surface area (Å²) in [7, 11) is 2.78. The summed E-state index contributed by atoms with van der Waals surface area (Å²) in [6.07, 6.45) is 3.45. The molecule has 1 amide bonds. The molecule has 0 aliphatic rings. The molecule has 2 heterocycles. The Hall–Kier alpha value is -3.39. The van der Waals surface area contributed by atoms with Gasteiger partial charge in [-0.1, -0.05) is 43.7 Å². The standard InChI is InChI=1S/C27H36N4O4/c1-17(2)11-12-31-25(27(33)35-6)24(30-23(32)16-34-5)22-14-21(15-28-26(22)31)29-19(4)13-20-9-7-18(3)8-10-20/h7-10,14-15,17,19,29H,11-13,16H2,1-6H3,(H,30,32). The molecule has 0 radical (unpaired) electrons. The number of aryl methyl sites for hydroxylation is 2. The molecule has 188 valence electrons. The van der Waals surface area contributed by atoms with Crippen molar-refractivity contribution < 1.29 is 19.1 Å². The number of methoxy groups -OCH3 is 2. The van der Waals surface area contributed by atoms with Crippen molar-refractivity contribution in [3.8, 4) is 0 Å². The van der Waals surface area contributed by atoms with Gasteiger partial charge in [-0.25, -0.2) is 9.78 Å². The molecule has 2 aromatic heterocycles. The van der Waals surface area contributed by atoms with Crippen molar-refractivity contribution in [1.29, 1.82) is 0 Å². The van der Waals surface area contributed by atoms with Crippen LogP contribution in [0.3, 0.4) is 0 Å². The van der Waals surface area contributed by atoms with Gasteiger partial charge in [0.1, 0.15) is 12.3 Å². The van der Waals surface area contributed by atoms with Crippen molar-refractivity contribution in [3.05, 3.63) is 53.3 Å². The first-order chi connectivity index (χ1) is 16.7. The van der Waals surface area contributed by atoms with Gasteiger partial charge in [-0.15, -0.1) is 0 Å². The first kappa shape index (κ1) is 26.2. The molecule has 1 unspecified atom stereocenters. The minimum Gasteiger partial charge on any atom is -0.464 e. The van der Waals surface area contributed by atoms with E-state index in [-0.39, 0.29) is 24.2 Å². The predicted molar refractivity (Wildman–Crippen MR) is 139 cm³/mol. The normalized spacial score (nSPS) is 12.1. The molecule has 0 saturated carbocycles. The molecule has 0 bridgehead atoms. The minimum atomic E-state index is -0.526. The minimum absolute atomic E-state index is 0.127. The van der Waals surface area contributed by atoms with Crippen molar-refractivity contribution in [3.63, 3.8) is 0 Å². The van der Waals surface area contributed by atoms with Crippen molar-refractivity contribution in [2.75, 3.05) is 31.5 Å². The molecule has 1 atom stereocenters. The summed E-state index contributed by atoms with van der Waals surface area (Å²) in [4.78, 5) is 30.0. The lowest BCUT2D eigenvalue weighted by molar-refractivity contribution is -0.119. The number of rotatable bonds is 11. The van der Waals surface area contributed by atoms with Crippen LogP contribution in [-0.2, 0) is 27.2 Å². The molecule has 1 aromatic carbocycles. The van der Waals surface area contributed by atoms with Crippen LogP contribution in [0.1, 0.15) is 48.8 Å². The summed E-state index contributed by atoms with van der Waals surface area (Å²) in [5.74, 6) is -0.457. The summed E-state index contributed by atoms with van der Waals surface area (Å²) in [6, 6.07) is 10.6. The zero-order chi connectivity index (χ0) is 25.5. The highest BCUT2D eigenvalue weighted by atomic mass is 16.5. The molecule has 3 rings (SSSR count). The maximum Gasteiger partial charge on any atom is 0.356 e. The van der Waals surface area contributed by atoms with Crippen LogP contribution in [0.25, 0.3) is 11.0 Å². The van der Waals surface area contributed by atoms with Gasteiger partial charge >= 0.3 is 5.97 Å². The van der Waals surface area contributed by atoms with Crippen molar-refractivity contribution in [2.24, 2.45) is 5.92 Å². The molecule has 0 spiro atoms. The van der Waals surface area contributed by atoms with Crippen LogP contribution in [0.4, 0.5) is 11.4 Å². The molecule has 0 fully saturated rings. The van der Waals surface area contributed by atoms with Gasteiger partial charge in [0.25, 0.3) is 0 Å². The van der Waals surface area contributed by atoms with E-state index in [4.69, 9.17) is 14.5 Å². The number of aromatic nitrogens is 2. The lowest BCUT2D eigenvalue weighted by atomic mass is 10.1. The number of benzene rings is 1. The van der Waals surface area contributed by atoms with Crippen LogP contribution in [0, 0.1) is 12.8 Å². The highest BCUT2D eigenvalue weighted by molar-refractivity contribution is 6.11. The first-order valence-electron chi connectivity index (χ1n) is 11.9. The molecule has 0 saturated heterocycles. The number of esters is 1. The van der Waals surface area contributed by atoms with E-state index in [0.29, 0.717) is 29.2 Å². The van der Waals surface area contributed by atoms with Crippen LogP contribution in [-0.4, -0.2) is 48.3 Å². The van der Waals surface area contributed by atoms with Gasteiger partial charge in [-0.05, 0) is 44.2 Å². The third-order valence-corrected chi connectivity index (χ3v) is 5.82. The van der Waals surface area contributed by atoms with Crippen LogP contribution in [0.5, 0.6) is 0 Å². The number of anilines is 2. The monoisotopic (exact) mass is 480 g/mol. The molecular weight excluding hydrogens is 444 g/mol. The van der Waals surface area contributed by atoms with E-state index >= 15 is 0 Å². The number of hydrogen-bond donors (Lipinski definition) is 2. The second-order valence-corrected chi connectivity index (χ2v) is 9.36. The van der Waals surface area contributed by atoms with Gasteiger partial charge in [0, 0.05) is 25.1 Å². The van der Waals surface area contributed by atoms with Gasteiger partial charge in [-0.2, -0.15) is 0 Å². The average molecular weight is 481 g/mol. The Morgan fingerprint density at radius 1 is 1.11 bits per heavy atom. The summed E-state index contributed by atoms with van der Waals surface area (Å²) in [5, 5.41) is 7.02. The van der Waals surface area contributed by atoms with Crippen LogP contribution >= 0.6 is 0 Å². The van der Waals surface area contributed by atoms with E-state index in [1.165, 1.54) is 25.3 Å².